The average Bonchev–Trinajstić information content (AvgIpc) is 2.52. The molecule has 0 aliphatic carbocycles. The molecule has 1 rings (SSSR count). The number of benzene rings is 1. The smallest absolute Gasteiger partial charge is 0.328 e. The van der Waals surface area contributed by atoms with Crippen molar-refractivity contribution >= 4 is 33.8 Å². The molecule has 0 radical (unpaired) electrons. The number of hydrogen-bond acceptors (Lipinski definition) is 5. The van der Waals surface area contributed by atoms with Gasteiger partial charge in [0, 0.05) is 16.5 Å². The van der Waals surface area contributed by atoms with Crippen LogP contribution in [0.5, 0.6) is 0 Å². The third kappa shape index (κ3) is 5.14. The minimum atomic E-state index is -0.902. The molecule has 1 N–H and O–H groups in total. The Morgan fingerprint density at radius 3 is 2.45 bits per heavy atom. The van der Waals surface area contributed by atoms with Crippen LogP contribution in [0.25, 0.3) is 0 Å². The van der Waals surface area contributed by atoms with E-state index >= 15 is 0 Å². The second kappa shape index (κ2) is 8.53. The van der Waals surface area contributed by atoms with Crippen LogP contribution in [-0.2, 0) is 19.1 Å². The molecule has 0 fully saturated rings. The van der Waals surface area contributed by atoms with Crippen LogP contribution in [0.2, 0.25) is 0 Å². The molecule has 7 heteroatoms. The molecule has 1 atom stereocenters. The zero-order valence-electron chi connectivity index (χ0n) is 12.6. The van der Waals surface area contributed by atoms with Gasteiger partial charge in [0.15, 0.2) is 0 Å². The number of halogens is 1. The first-order chi connectivity index (χ1) is 10.4. The number of nitrogens with one attached hydrogen (secondary N) is 1. The fourth-order valence-electron chi connectivity index (χ4n) is 1.78. The Bertz CT molecular complexity index is 573. The van der Waals surface area contributed by atoms with Gasteiger partial charge in [0.25, 0.3) is 5.91 Å². The number of carbonyl (C=O) groups is 3. The van der Waals surface area contributed by atoms with Gasteiger partial charge in [0.2, 0.25) is 0 Å². The number of aryl methyl sites for hydroxylation is 1. The molecule has 0 spiro atoms. The second-order valence-corrected chi connectivity index (χ2v) is 5.48. The standard InChI is InChI=1S/C15H18BrNO5/c1-9-8-10(4-5-11(9)16)14(19)17-12(15(20)22-3)6-7-13(18)21-2/h4-5,8,12H,6-7H2,1-3H3,(H,17,19)/t12-/m1/s1. The zero-order valence-corrected chi connectivity index (χ0v) is 14.2. The molecule has 0 heterocycles. The summed E-state index contributed by atoms with van der Waals surface area (Å²) in [6, 6.07) is 4.20. The van der Waals surface area contributed by atoms with E-state index in [9.17, 15) is 14.4 Å². The summed E-state index contributed by atoms with van der Waals surface area (Å²) in [6.07, 6.45) is 0.122. The lowest BCUT2D eigenvalue weighted by Crippen LogP contribution is -2.41. The number of carbonyl (C=O) groups excluding carboxylic acids is 3. The summed E-state index contributed by atoms with van der Waals surface area (Å²) in [7, 11) is 2.49. The summed E-state index contributed by atoms with van der Waals surface area (Å²) in [5.41, 5.74) is 1.32. The van der Waals surface area contributed by atoms with Gasteiger partial charge >= 0.3 is 11.9 Å². The first kappa shape index (κ1) is 18.2. The van der Waals surface area contributed by atoms with E-state index in [1.165, 1.54) is 14.2 Å². The first-order valence-corrected chi connectivity index (χ1v) is 7.40. The van der Waals surface area contributed by atoms with Crippen LogP contribution in [0.3, 0.4) is 0 Å². The van der Waals surface area contributed by atoms with E-state index in [2.05, 4.69) is 30.7 Å². The van der Waals surface area contributed by atoms with Crippen molar-refractivity contribution in [1.82, 2.24) is 5.32 Å². The summed E-state index contributed by atoms with van der Waals surface area (Å²) < 4.78 is 10.1. The molecule has 0 unspecified atom stereocenters. The Balaban J connectivity index is 2.79. The van der Waals surface area contributed by atoms with Crippen molar-refractivity contribution in [2.75, 3.05) is 14.2 Å². The SMILES string of the molecule is COC(=O)CC[C@@H](NC(=O)c1ccc(Br)c(C)c1)C(=O)OC. The molecule has 0 aliphatic heterocycles. The van der Waals surface area contributed by atoms with Gasteiger partial charge in [-0.05, 0) is 37.1 Å². The van der Waals surface area contributed by atoms with Gasteiger partial charge in [-0.15, -0.1) is 0 Å². The van der Waals surface area contributed by atoms with Gasteiger partial charge in [0.1, 0.15) is 6.04 Å². The number of methoxy groups -OCH3 is 2. The fraction of sp³-hybridized carbons (Fsp3) is 0.400. The van der Waals surface area contributed by atoms with Gasteiger partial charge in [0.05, 0.1) is 14.2 Å². The number of amides is 1. The molecule has 1 aromatic rings. The summed E-state index contributed by atoms with van der Waals surface area (Å²) in [6.45, 7) is 1.86. The summed E-state index contributed by atoms with van der Waals surface area (Å²) >= 11 is 3.36. The van der Waals surface area contributed by atoms with Crippen LogP contribution in [-0.4, -0.2) is 38.1 Å². The molecular formula is C15H18BrNO5. The van der Waals surface area contributed by atoms with E-state index in [-0.39, 0.29) is 12.8 Å². The number of rotatable bonds is 6. The van der Waals surface area contributed by atoms with Crippen LogP contribution in [0.4, 0.5) is 0 Å². The molecule has 1 aromatic carbocycles. The van der Waals surface area contributed by atoms with Gasteiger partial charge < -0.3 is 14.8 Å². The zero-order chi connectivity index (χ0) is 16.7. The molecular weight excluding hydrogens is 354 g/mol. The van der Waals surface area contributed by atoms with Crippen molar-refractivity contribution in [2.45, 2.75) is 25.8 Å². The van der Waals surface area contributed by atoms with E-state index < -0.39 is 23.9 Å². The number of hydrogen-bond donors (Lipinski definition) is 1. The topological polar surface area (TPSA) is 81.7 Å². The third-order valence-corrected chi connectivity index (χ3v) is 3.97. The van der Waals surface area contributed by atoms with Crippen LogP contribution < -0.4 is 5.32 Å². The predicted molar refractivity (Wildman–Crippen MR) is 83.4 cm³/mol. The Kier molecular flexibility index (Phi) is 7.04. The van der Waals surface area contributed by atoms with Gasteiger partial charge in [-0.2, -0.15) is 0 Å². The largest absolute Gasteiger partial charge is 0.469 e. The van der Waals surface area contributed by atoms with E-state index in [0.717, 1.165) is 10.0 Å². The van der Waals surface area contributed by atoms with Crippen LogP contribution in [0.1, 0.15) is 28.8 Å². The van der Waals surface area contributed by atoms with Gasteiger partial charge in [-0.1, -0.05) is 15.9 Å². The van der Waals surface area contributed by atoms with E-state index in [4.69, 9.17) is 0 Å². The van der Waals surface area contributed by atoms with E-state index in [0.29, 0.717) is 5.56 Å². The minimum absolute atomic E-state index is 0.00983. The lowest BCUT2D eigenvalue weighted by atomic mass is 10.1. The molecule has 0 aliphatic rings. The van der Waals surface area contributed by atoms with Crippen LogP contribution in [0.15, 0.2) is 22.7 Å². The maximum atomic E-state index is 12.2. The summed E-state index contributed by atoms with van der Waals surface area (Å²) in [4.78, 5) is 35.1. The summed E-state index contributed by atoms with van der Waals surface area (Å²) in [5, 5.41) is 2.57. The van der Waals surface area contributed by atoms with Crippen molar-refractivity contribution < 1.29 is 23.9 Å². The molecule has 0 bridgehead atoms. The normalized spacial score (nSPS) is 11.5. The fourth-order valence-corrected chi connectivity index (χ4v) is 2.03. The Labute approximate surface area is 137 Å². The molecule has 1 amide bonds. The average molecular weight is 372 g/mol. The molecule has 22 heavy (non-hydrogen) atoms. The van der Waals surface area contributed by atoms with Gasteiger partial charge in [-0.25, -0.2) is 4.79 Å². The molecule has 0 aromatic heterocycles. The van der Waals surface area contributed by atoms with Crippen molar-refractivity contribution in [1.29, 1.82) is 0 Å². The molecule has 120 valence electrons. The molecule has 0 saturated heterocycles. The lowest BCUT2D eigenvalue weighted by Gasteiger charge is -2.16. The quantitative estimate of drug-likeness (QED) is 0.773. The highest BCUT2D eigenvalue weighted by molar-refractivity contribution is 9.10. The number of ether oxygens (including phenoxy) is 2. The van der Waals surface area contributed by atoms with Crippen molar-refractivity contribution in [3.63, 3.8) is 0 Å². The Morgan fingerprint density at radius 1 is 1.23 bits per heavy atom. The van der Waals surface area contributed by atoms with Crippen molar-refractivity contribution in [2.24, 2.45) is 0 Å². The Hall–Kier alpha value is -1.89. The van der Waals surface area contributed by atoms with E-state index in [1.54, 1.807) is 18.2 Å². The van der Waals surface area contributed by atoms with Gasteiger partial charge in [-0.3, -0.25) is 9.59 Å². The second-order valence-electron chi connectivity index (χ2n) is 4.63. The van der Waals surface area contributed by atoms with Crippen molar-refractivity contribution in [3.8, 4) is 0 Å². The van der Waals surface area contributed by atoms with Crippen molar-refractivity contribution in [3.05, 3.63) is 33.8 Å². The number of esters is 2. The van der Waals surface area contributed by atoms with E-state index in [1.807, 2.05) is 6.92 Å². The highest BCUT2D eigenvalue weighted by atomic mass is 79.9. The molecule has 6 nitrogen and oxygen atoms in total. The Morgan fingerprint density at radius 2 is 1.91 bits per heavy atom. The first-order valence-electron chi connectivity index (χ1n) is 6.60. The lowest BCUT2D eigenvalue weighted by molar-refractivity contribution is -0.144. The minimum Gasteiger partial charge on any atom is -0.469 e. The monoisotopic (exact) mass is 371 g/mol. The predicted octanol–water partition coefficient (Wildman–Crippen LogP) is 1.98. The van der Waals surface area contributed by atoms with Crippen LogP contribution in [0, 0.1) is 6.92 Å². The highest BCUT2D eigenvalue weighted by Crippen LogP contribution is 2.17. The highest BCUT2D eigenvalue weighted by Gasteiger charge is 2.23. The maximum Gasteiger partial charge on any atom is 0.328 e. The third-order valence-electron chi connectivity index (χ3n) is 3.08. The summed E-state index contributed by atoms with van der Waals surface area (Å²) in [5.74, 6) is -1.47. The molecule has 0 saturated carbocycles. The van der Waals surface area contributed by atoms with Crippen LogP contribution >= 0.6 is 15.9 Å². The maximum absolute atomic E-state index is 12.2.